The van der Waals surface area contributed by atoms with Gasteiger partial charge in [0.05, 0.1) is 6.33 Å². The van der Waals surface area contributed by atoms with Crippen LogP contribution in [0, 0.1) is 5.92 Å². The van der Waals surface area contributed by atoms with Crippen LogP contribution in [0.25, 0.3) is 0 Å². The van der Waals surface area contributed by atoms with Crippen molar-refractivity contribution in [3.8, 4) is 0 Å². The van der Waals surface area contributed by atoms with Crippen molar-refractivity contribution in [1.29, 1.82) is 0 Å². The van der Waals surface area contributed by atoms with Crippen LogP contribution in [-0.2, 0) is 6.54 Å². The predicted molar refractivity (Wildman–Crippen MR) is 66.7 cm³/mol. The smallest absolute Gasteiger partial charge is 0.0945 e. The number of hydrogen-bond donors (Lipinski definition) is 1. The van der Waals surface area contributed by atoms with Gasteiger partial charge in [0.15, 0.2) is 0 Å². The summed E-state index contributed by atoms with van der Waals surface area (Å²) in [4.78, 5) is 4.04. The zero-order chi connectivity index (χ0) is 9.10. The third-order valence-corrected chi connectivity index (χ3v) is 2.85. The van der Waals surface area contributed by atoms with Crippen LogP contribution in [0.1, 0.15) is 25.7 Å². The summed E-state index contributed by atoms with van der Waals surface area (Å²) in [6.45, 7) is 1.09. The Morgan fingerprint density at radius 3 is 2.73 bits per heavy atom. The SMILES string of the molecule is Cl.Cl.N[C@H]1CCC[C@@H](Cn2ccnc2)C1. The van der Waals surface area contributed by atoms with Crippen molar-refractivity contribution in [3.05, 3.63) is 18.7 Å². The van der Waals surface area contributed by atoms with Gasteiger partial charge >= 0.3 is 0 Å². The molecule has 0 aromatic carbocycles. The Hall–Kier alpha value is -0.250. The lowest BCUT2D eigenvalue weighted by Gasteiger charge is -2.26. The minimum absolute atomic E-state index is 0. The largest absolute Gasteiger partial charge is 0.337 e. The standard InChI is InChI=1S/C10H17N3.2ClH/c11-10-3-1-2-9(6-10)7-13-5-4-12-8-13;;/h4-5,8-10H,1-3,6-7,11H2;2*1H/t9-,10+;;/m1../s1. The summed E-state index contributed by atoms with van der Waals surface area (Å²) >= 11 is 0. The Kier molecular flexibility index (Phi) is 6.98. The molecule has 15 heavy (non-hydrogen) atoms. The van der Waals surface area contributed by atoms with E-state index in [1.54, 1.807) is 0 Å². The second kappa shape index (κ2) is 7.09. The van der Waals surface area contributed by atoms with E-state index in [1.165, 1.54) is 25.7 Å². The molecule has 2 N–H and O–H groups in total. The monoisotopic (exact) mass is 251 g/mol. The molecule has 0 bridgehead atoms. The molecule has 0 radical (unpaired) electrons. The first kappa shape index (κ1) is 14.8. The van der Waals surface area contributed by atoms with E-state index in [9.17, 15) is 0 Å². The first-order valence-electron chi connectivity index (χ1n) is 5.06. The molecule has 1 aromatic heterocycles. The highest BCUT2D eigenvalue weighted by molar-refractivity contribution is 5.85. The van der Waals surface area contributed by atoms with Crippen LogP contribution >= 0.6 is 24.8 Å². The Morgan fingerprint density at radius 1 is 1.33 bits per heavy atom. The fourth-order valence-electron chi connectivity index (χ4n) is 2.19. The first-order valence-corrected chi connectivity index (χ1v) is 5.06. The summed E-state index contributed by atoms with van der Waals surface area (Å²) in [7, 11) is 0. The van der Waals surface area contributed by atoms with Crippen LogP contribution < -0.4 is 5.73 Å². The molecule has 1 fully saturated rings. The third kappa shape index (κ3) is 4.41. The number of halogens is 2. The topological polar surface area (TPSA) is 43.8 Å². The molecule has 2 atom stereocenters. The van der Waals surface area contributed by atoms with Gasteiger partial charge in [-0.1, -0.05) is 6.42 Å². The van der Waals surface area contributed by atoms with Gasteiger partial charge in [0.1, 0.15) is 0 Å². The van der Waals surface area contributed by atoms with Crippen LogP contribution in [0.15, 0.2) is 18.7 Å². The zero-order valence-electron chi connectivity index (χ0n) is 8.71. The molecule has 1 aliphatic rings. The highest BCUT2D eigenvalue weighted by atomic mass is 35.5. The predicted octanol–water partition coefficient (Wildman–Crippen LogP) is 2.24. The molecule has 1 heterocycles. The lowest BCUT2D eigenvalue weighted by molar-refractivity contribution is 0.290. The van der Waals surface area contributed by atoms with E-state index in [0.29, 0.717) is 6.04 Å². The molecule has 0 amide bonds. The molecular weight excluding hydrogens is 233 g/mol. The number of imidazole rings is 1. The maximum atomic E-state index is 5.93. The van der Waals surface area contributed by atoms with E-state index in [0.717, 1.165) is 12.5 Å². The normalized spacial score (nSPS) is 25.1. The molecule has 0 spiro atoms. The van der Waals surface area contributed by atoms with Gasteiger partial charge in [-0.05, 0) is 25.2 Å². The van der Waals surface area contributed by atoms with Crippen molar-refractivity contribution in [2.24, 2.45) is 11.7 Å². The fraction of sp³-hybridized carbons (Fsp3) is 0.700. The zero-order valence-corrected chi connectivity index (χ0v) is 10.3. The van der Waals surface area contributed by atoms with E-state index >= 15 is 0 Å². The average molecular weight is 252 g/mol. The van der Waals surface area contributed by atoms with Gasteiger partial charge in [0, 0.05) is 25.0 Å². The van der Waals surface area contributed by atoms with Crippen molar-refractivity contribution < 1.29 is 0 Å². The number of nitrogens with zero attached hydrogens (tertiary/aromatic N) is 2. The molecule has 1 aliphatic carbocycles. The number of rotatable bonds is 2. The molecule has 3 nitrogen and oxygen atoms in total. The molecule has 0 unspecified atom stereocenters. The van der Waals surface area contributed by atoms with Gasteiger partial charge < -0.3 is 10.3 Å². The highest BCUT2D eigenvalue weighted by Gasteiger charge is 2.18. The van der Waals surface area contributed by atoms with Gasteiger partial charge in [-0.15, -0.1) is 24.8 Å². The van der Waals surface area contributed by atoms with E-state index < -0.39 is 0 Å². The lowest BCUT2D eigenvalue weighted by Crippen LogP contribution is -2.29. The molecule has 1 saturated carbocycles. The first-order chi connectivity index (χ1) is 6.34. The summed E-state index contributed by atoms with van der Waals surface area (Å²) in [6, 6.07) is 0.433. The number of aromatic nitrogens is 2. The average Bonchev–Trinajstić information content (AvgIpc) is 2.57. The molecule has 5 heteroatoms. The molecule has 88 valence electrons. The molecule has 0 saturated heterocycles. The van der Waals surface area contributed by atoms with Crippen molar-refractivity contribution in [2.45, 2.75) is 38.3 Å². The molecule has 0 aliphatic heterocycles. The molecular formula is C10H19Cl2N3. The van der Waals surface area contributed by atoms with Crippen molar-refractivity contribution in [2.75, 3.05) is 0 Å². The summed E-state index contributed by atoms with van der Waals surface area (Å²) in [6.07, 6.45) is 10.8. The van der Waals surface area contributed by atoms with E-state index in [2.05, 4.69) is 9.55 Å². The van der Waals surface area contributed by atoms with Crippen LogP contribution in [0.4, 0.5) is 0 Å². The fourth-order valence-corrected chi connectivity index (χ4v) is 2.19. The van der Waals surface area contributed by atoms with Gasteiger partial charge in [0.25, 0.3) is 0 Å². The highest BCUT2D eigenvalue weighted by Crippen LogP contribution is 2.24. The van der Waals surface area contributed by atoms with Crippen molar-refractivity contribution in [1.82, 2.24) is 9.55 Å². The Bertz CT molecular complexity index is 251. The maximum absolute atomic E-state index is 5.93. The summed E-state index contributed by atoms with van der Waals surface area (Å²) in [5.41, 5.74) is 5.93. The number of hydrogen-bond acceptors (Lipinski definition) is 2. The van der Waals surface area contributed by atoms with Gasteiger partial charge in [-0.3, -0.25) is 0 Å². The lowest BCUT2D eigenvalue weighted by atomic mass is 9.86. The Balaban J connectivity index is 0.000000980. The van der Waals surface area contributed by atoms with Gasteiger partial charge in [0.2, 0.25) is 0 Å². The minimum Gasteiger partial charge on any atom is -0.337 e. The minimum atomic E-state index is 0. The molecule has 1 aromatic rings. The van der Waals surface area contributed by atoms with Crippen LogP contribution in [-0.4, -0.2) is 15.6 Å². The van der Waals surface area contributed by atoms with E-state index in [-0.39, 0.29) is 24.8 Å². The van der Waals surface area contributed by atoms with Gasteiger partial charge in [-0.2, -0.15) is 0 Å². The Labute approximate surface area is 103 Å². The quantitative estimate of drug-likeness (QED) is 0.877. The summed E-state index contributed by atoms with van der Waals surface area (Å²) in [5.74, 6) is 0.762. The Morgan fingerprint density at radius 2 is 2.13 bits per heavy atom. The number of nitrogens with two attached hydrogens (primary N) is 1. The van der Waals surface area contributed by atoms with Crippen molar-refractivity contribution >= 4 is 24.8 Å². The second-order valence-electron chi connectivity index (χ2n) is 4.05. The second-order valence-corrected chi connectivity index (χ2v) is 4.05. The molecule has 2 rings (SSSR count). The van der Waals surface area contributed by atoms with Crippen LogP contribution in [0.2, 0.25) is 0 Å². The van der Waals surface area contributed by atoms with Crippen LogP contribution in [0.3, 0.4) is 0 Å². The summed E-state index contributed by atoms with van der Waals surface area (Å²) in [5, 5.41) is 0. The maximum Gasteiger partial charge on any atom is 0.0945 e. The van der Waals surface area contributed by atoms with E-state index in [4.69, 9.17) is 5.73 Å². The van der Waals surface area contributed by atoms with E-state index in [1.807, 2.05) is 18.7 Å². The summed E-state index contributed by atoms with van der Waals surface area (Å²) < 4.78 is 2.16. The third-order valence-electron chi connectivity index (χ3n) is 2.85. The van der Waals surface area contributed by atoms with Crippen molar-refractivity contribution in [3.63, 3.8) is 0 Å². The van der Waals surface area contributed by atoms with Crippen LogP contribution in [0.5, 0.6) is 0 Å². The van der Waals surface area contributed by atoms with Gasteiger partial charge in [-0.25, -0.2) is 4.98 Å².